The summed E-state index contributed by atoms with van der Waals surface area (Å²) in [7, 11) is -4.60. The van der Waals surface area contributed by atoms with Crippen LogP contribution in [-0.4, -0.2) is 60.5 Å². The first-order valence-corrected chi connectivity index (χ1v) is 19.2. The van der Waals surface area contributed by atoms with E-state index in [1.165, 1.54) is 77.0 Å². The quantitative estimate of drug-likeness (QED) is 0.0264. The van der Waals surface area contributed by atoms with E-state index >= 15 is 0 Å². The van der Waals surface area contributed by atoms with E-state index < -0.39 is 45.1 Å². The Bertz CT molecular complexity index is 781. The Balaban J connectivity index is 4.33. The number of esters is 1. The van der Waals surface area contributed by atoms with Crippen LogP contribution in [0.4, 0.5) is 0 Å². The van der Waals surface area contributed by atoms with Crippen LogP contribution in [0.1, 0.15) is 155 Å². The van der Waals surface area contributed by atoms with Crippen LogP contribution < -0.4 is 5.73 Å². The van der Waals surface area contributed by atoms with Crippen molar-refractivity contribution in [2.45, 2.75) is 167 Å². The molecule has 0 rings (SSSR count). The van der Waals surface area contributed by atoms with Crippen molar-refractivity contribution in [3.8, 4) is 0 Å². The number of ether oxygens (including phenoxy) is 2. The minimum atomic E-state index is -4.60. The first-order valence-electron chi connectivity index (χ1n) is 17.7. The molecule has 0 spiro atoms. The summed E-state index contributed by atoms with van der Waals surface area (Å²) in [5.74, 6) is -1.79. The largest absolute Gasteiger partial charge is 0.480 e. The zero-order valence-electron chi connectivity index (χ0n) is 28.5. The number of hydrogen-bond acceptors (Lipinski definition) is 8. The van der Waals surface area contributed by atoms with Gasteiger partial charge in [-0.2, -0.15) is 0 Å². The number of phosphoric ester groups is 1. The Kier molecular flexibility index (Phi) is 30.4. The number of allylic oxidation sites excluding steroid dienone is 2. The summed E-state index contributed by atoms with van der Waals surface area (Å²) in [6.45, 7) is 3.83. The lowest BCUT2D eigenvalue weighted by Crippen LogP contribution is -2.34. The summed E-state index contributed by atoms with van der Waals surface area (Å²) in [5, 5.41) is 8.83. The summed E-state index contributed by atoms with van der Waals surface area (Å²) in [6.07, 6.45) is 28.4. The average molecular weight is 664 g/mol. The smallest absolute Gasteiger partial charge is 0.472 e. The lowest BCUT2D eigenvalue weighted by atomic mass is 10.1. The number of rotatable bonds is 34. The molecule has 0 aliphatic heterocycles. The van der Waals surface area contributed by atoms with E-state index in [1.807, 2.05) is 0 Å². The second-order valence-electron chi connectivity index (χ2n) is 12.0. The van der Waals surface area contributed by atoms with Crippen molar-refractivity contribution in [2.75, 3.05) is 26.4 Å². The van der Waals surface area contributed by atoms with Crippen LogP contribution in [0.25, 0.3) is 0 Å². The first kappa shape index (κ1) is 43.7. The molecule has 3 atom stereocenters. The highest BCUT2D eigenvalue weighted by Crippen LogP contribution is 2.43. The third-order valence-electron chi connectivity index (χ3n) is 7.54. The third kappa shape index (κ3) is 31.1. The van der Waals surface area contributed by atoms with Gasteiger partial charge in [0.1, 0.15) is 12.1 Å². The molecule has 45 heavy (non-hydrogen) atoms. The van der Waals surface area contributed by atoms with Gasteiger partial charge in [-0.15, -0.1) is 0 Å². The number of phosphoric acid groups is 1. The highest BCUT2D eigenvalue weighted by Gasteiger charge is 2.27. The molecule has 0 radical (unpaired) electrons. The summed E-state index contributed by atoms with van der Waals surface area (Å²) in [5.41, 5.74) is 5.32. The van der Waals surface area contributed by atoms with Crippen LogP contribution in [0.2, 0.25) is 0 Å². The molecule has 0 fully saturated rings. The summed E-state index contributed by atoms with van der Waals surface area (Å²) in [4.78, 5) is 33.2. The van der Waals surface area contributed by atoms with Gasteiger partial charge < -0.3 is 25.2 Å². The van der Waals surface area contributed by atoms with E-state index in [2.05, 4.69) is 30.5 Å². The average Bonchev–Trinajstić information content (AvgIpc) is 3.01. The topological polar surface area (TPSA) is 155 Å². The molecule has 0 aromatic rings. The molecule has 0 amide bonds. The Morgan fingerprint density at radius 3 is 1.69 bits per heavy atom. The number of nitrogens with two attached hydrogens (primary N) is 1. The van der Waals surface area contributed by atoms with Crippen LogP contribution in [-0.2, 0) is 32.7 Å². The number of carboxylic acid groups (broad SMARTS) is 1. The van der Waals surface area contributed by atoms with Crippen molar-refractivity contribution in [3.05, 3.63) is 12.2 Å². The zero-order valence-corrected chi connectivity index (χ0v) is 29.4. The molecule has 0 aliphatic rings. The lowest BCUT2D eigenvalue weighted by molar-refractivity contribution is -0.154. The summed E-state index contributed by atoms with van der Waals surface area (Å²) >= 11 is 0. The molecule has 0 aromatic carbocycles. The van der Waals surface area contributed by atoms with E-state index in [9.17, 15) is 19.0 Å². The number of hydrogen-bond donors (Lipinski definition) is 3. The van der Waals surface area contributed by atoms with Crippen molar-refractivity contribution in [2.24, 2.45) is 5.73 Å². The van der Waals surface area contributed by atoms with Gasteiger partial charge in [0.15, 0.2) is 0 Å². The van der Waals surface area contributed by atoms with Gasteiger partial charge in [0.2, 0.25) is 0 Å². The van der Waals surface area contributed by atoms with E-state index in [1.54, 1.807) is 0 Å². The third-order valence-corrected chi connectivity index (χ3v) is 8.50. The van der Waals surface area contributed by atoms with E-state index in [0.717, 1.165) is 51.4 Å². The van der Waals surface area contributed by atoms with Crippen LogP contribution in [0, 0.1) is 0 Å². The Morgan fingerprint density at radius 1 is 0.689 bits per heavy atom. The maximum Gasteiger partial charge on any atom is 0.472 e. The summed E-state index contributed by atoms with van der Waals surface area (Å²) < 4.78 is 33.1. The fourth-order valence-electron chi connectivity index (χ4n) is 4.71. The predicted molar refractivity (Wildman–Crippen MR) is 180 cm³/mol. The van der Waals surface area contributed by atoms with Gasteiger partial charge in [0.25, 0.3) is 0 Å². The first-order chi connectivity index (χ1) is 21.7. The van der Waals surface area contributed by atoms with Gasteiger partial charge in [-0.3, -0.25) is 18.6 Å². The van der Waals surface area contributed by atoms with Crippen molar-refractivity contribution >= 4 is 19.8 Å². The van der Waals surface area contributed by atoms with Crippen molar-refractivity contribution in [1.82, 2.24) is 0 Å². The van der Waals surface area contributed by atoms with E-state index in [-0.39, 0.29) is 13.0 Å². The molecule has 4 N–H and O–H groups in total. The molecule has 10 nitrogen and oxygen atoms in total. The van der Waals surface area contributed by atoms with Crippen LogP contribution in [0.15, 0.2) is 12.2 Å². The summed E-state index contributed by atoms with van der Waals surface area (Å²) in [6, 6.07) is -1.47. The molecule has 3 unspecified atom stereocenters. The second kappa shape index (κ2) is 31.3. The molecule has 0 saturated carbocycles. The van der Waals surface area contributed by atoms with Gasteiger partial charge in [0.05, 0.1) is 19.8 Å². The van der Waals surface area contributed by atoms with Gasteiger partial charge >= 0.3 is 19.8 Å². The SMILES string of the molecule is CCCCCCC/C=C\CCCCCCCC(=O)OC(COCCCCCCCCCCC)COP(=O)(O)OCC(N)C(=O)O. The van der Waals surface area contributed by atoms with Crippen LogP contribution in [0.3, 0.4) is 0 Å². The molecule has 0 aliphatic carbocycles. The van der Waals surface area contributed by atoms with E-state index in [4.69, 9.17) is 24.8 Å². The fraction of sp³-hybridized carbons (Fsp3) is 0.882. The molecular weight excluding hydrogens is 597 g/mol. The van der Waals surface area contributed by atoms with Gasteiger partial charge in [-0.1, -0.05) is 122 Å². The van der Waals surface area contributed by atoms with E-state index in [0.29, 0.717) is 13.0 Å². The highest BCUT2D eigenvalue weighted by molar-refractivity contribution is 7.47. The monoisotopic (exact) mass is 663 g/mol. The molecular formula is C34H66NO9P. The highest BCUT2D eigenvalue weighted by atomic mass is 31.2. The maximum absolute atomic E-state index is 12.5. The molecule has 0 heterocycles. The molecule has 11 heteroatoms. The Labute approximate surface area is 273 Å². The van der Waals surface area contributed by atoms with Crippen LogP contribution in [0.5, 0.6) is 0 Å². The molecule has 266 valence electrons. The number of carboxylic acids is 1. The zero-order chi connectivity index (χ0) is 33.4. The number of unbranched alkanes of at least 4 members (excludes halogenated alkanes) is 18. The fourth-order valence-corrected chi connectivity index (χ4v) is 5.49. The molecule has 0 aromatic heterocycles. The number of aliphatic carboxylic acids is 1. The minimum Gasteiger partial charge on any atom is -0.480 e. The van der Waals surface area contributed by atoms with Gasteiger partial charge in [-0.05, 0) is 38.5 Å². The number of carbonyl (C=O) groups is 2. The standard InChI is InChI=1S/C34H66NO9P/c1-3-5-7-9-11-13-14-15-16-17-18-20-22-24-26-33(36)44-31(29-42-45(39,40)43-30-32(35)34(37)38)28-41-27-25-23-21-19-12-10-8-6-4-2/h14-15,31-32H,3-13,16-30,35H2,1-2H3,(H,37,38)(H,39,40)/b15-14-. The van der Waals surface area contributed by atoms with Crippen molar-refractivity contribution in [1.29, 1.82) is 0 Å². The number of carbonyl (C=O) groups excluding carboxylic acids is 1. The van der Waals surface area contributed by atoms with Gasteiger partial charge in [0, 0.05) is 13.0 Å². The van der Waals surface area contributed by atoms with Crippen molar-refractivity contribution in [3.63, 3.8) is 0 Å². The molecule has 0 saturated heterocycles. The minimum absolute atomic E-state index is 0.0175. The Hall–Kier alpha value is -1.29. The van der Waals surface area contributed by atoms with Crippen molar-refractivity contribution < 1.29 is 42.7 Å². The maximum atomic E-state index is 12.5. The van der Waals surface area contributed by atoms with Crippen LogP contribution >= 0.6 is 7.82 Å². The predicted octanol–water partition coefficient (Wildman–Crippen LogP) is 8.64. The lowest BCUT2D eigenvalue weighted by Gasteiger charge is -2.20. The Morgan fingerprint density at radius 2 is 1.16 bits per heavy atom. The van der Waals surface area contributed by atoms with Gasteiger partial charge in [-0.25, -0.2) is 4.57 Å². The second-order valence-corrected chi connectivity index (χ2v) is 13.5. The molecule has 0 bridgehead atoms. The normalized spacial score (nSPS) is 14.4.